The van der Waals surface area contributed by atoms with Crippen LogP contribution in [-0.2, 0) is 4.79 Å². The second kappa shape index (κ2) is 9.96. The molecular formula is C23H28N2O4. The van der Waals surface area contributed by atoms with Gasteiger partial charge in [-0.3, -0.25) is 9.59 Å². The monoisotopic (exact) mass is 396 g/mol. The molecule has 2 amide bonds. The van der Waals surface area contributed by atoms with Gasteiger partial charge in [0.15, 0.2) is 11.5 Å². The van der Waals surface area contributed by atoms with Crippen molar-refractivity contribution in [1.82, 2.24) is 10.2 Å². The second-order valence-corrected chi connectivity index (χ2v) is 6.87. The van der Waals surface area contributed by atoms with Crippen molar-refractivity contribution in [3.8, 4) is 11.5 Å². The predicted octanol–water partition coefficient (Wildman–Crippen LogP) is 3.58. The molecular weight excluding hydrogens is 368 g/mol. The van der Waals surface area contributed by atoms with Gasteiger partial charge in [0.2, 0.25) is 5.91 Å². The van der Waals surface area contributed by atoms with E-state index in [9.17, 15) is 9.59 Å². The maximum atomic E-state index is 12.7. The molecule has 1 saturated heterocycles. The maximum absolute atomic E-state index is 12.7. The molecule has 0 spiro atoms. The Kier molecular flexibility index (Phi) is 7.11. The Morgan fingerprint density at radius 1 is 1.03 bits per heavy atom. The van der Waals surface area contributed by atoms with Crippen LogP contribution < -0.4 is 14.8 Å². The summed E-state index contributed by atoms with van der Waals surface area (Å²) in [7, 11) is 0. The summed E-state index contributed by atoms with van der Waals surface area (Å²) in [5, 5.41) is 2.74. The van der Waals surface area contributed by atoms with E-state index in [1.54, 1.807) is 18.2 Å². The van der Waals surface area contributed by atoms with E-state index in [-0.39, 0.29) is 24.4 Å². The Hall–Kier alpha value is -3.02. The summed E-state index contributed by atoms with van der Waals surface area (Å²) < 4.78 is 11.1. The number of benzene rings is 2. The lowest BCUT2D eigenvalue weighted by Crippen LogP contribution is -2.39. The summed E-state index contributed by atoms with van der Waals surface area (Å²) in [6.45, 7) is 5.44. The number of hydrogen-bond acceptors (Lipinski definition) is 4. The van der Waals surface area contributed by atoms with Gasteiger partial charge < -0.3 is 19.7 Å². The molecule has 154 valence electrons. The summed E-state index contributed by atoms with van der Waals surface area (Å²) in [4.78, 5) is 27.2. The molecule has 1 aliphatic rings. The van der Waals surface area contributed by atoms with E-state index in [0.29, 0.717) is 36.8 Å². The molecule has 6 nitrogen and oxygen atoms in total. The number of nitrogens with zero attached hydrogens (tertiary/aromatic N) is 1. The van der Waals surface area contributed by atoms with Crippen LogP contribution in [0.1, 0.15) is 48.7 Å². The predicted molar refractivity (Wildman–Crippen MR) is 111 cm³/mol. The van der Waals surface area contributed by atoms with Crippen molar-refractivity contribution in [2.24, 2.45) is 0 Å². The van der Waals surface area contributed by atoms with Gasteiger partial charge in [-0.2, -0.15) is 0 Å². The molecule has 1 atom stereocenters. The van der Waals surface area contributed by atoms with Crippen molar-refractivity contribution in [3.05, 3.63) is 59.7 Å². The quantitative estimate of drug-likeness (QED) is 0.741. The number of carbonyl (C=O) groups is 2. The summed E-state index contributed by atoms with van der Waals surface area (Å²) in [5.41, 5.74) is 1.57. The number of hydrogen-bond donors (Lipinski definition) is 1. The van der Waals surface area contributed by atoms with Crippen LogP contribution in [-0.4, -0.2) is 43.0 Å². The maximum Gasteiger partial charge on any atom is 0.251 e. The van der Waals surface area contributed by atoms with Gasteiger partial charge in [-0.25, -0.2) is 0 Å². The van der Waals surface area contributed by atoms with Crippen molar-refractivity contribution in [2.45, 2.75) is 32.7 Å². The van der Waals surface area contributed by atoms with E-state index < -0.39 is 0 Å². The third kappa shape index (κ3) is 5.08. The average Bonchev–Trinajstić information content (AvgIpc) is 3.24. The van der Waals surface area contributed by atoms with E-state index >= 15 is 0 Å². The van der Waals surface area contributed by atoms with Gasteiger partial charge in [0.05, 0.1) is 25.8 Å². The second-order valence-electron chi connectivity index (χ2n) is 6.87. The standard InChI is InChI=1S/C23H28N2O4/c1-3-28-20-13-12-18(15-21(20)29-4-2)23(27)24-16-22(26)25-14-8-11-19(25)17-9-6-5-7-10-17/h5-7,9-10,12-13,15,19H,3-4,8,11,14,16H2,1-2H3,(H,24,27). The van der Waals surface area contributed by atoms with Crippen LogP contribution >= 0.6 is 0 Å². The summed E-state index contributed by atoms with van der Waals surface area (Å²) in [6, 6.07) is 15.2. The molecule has 0 radical (unpaired) electrons. The smallest absolute Gasteiger partial charge is 0.251 e. The van der Waals surface area contributed by atoms with Crippen molar-refractivity contribution in [3.63, 3.8) is 0 Å². The largest absolute Gasteiger partial charge is 0.490 e. The van der Waals surface area contributed by atoms with Crippen molar-refractivity contribution >= 4 is 11.8 Å². The summed E-state index contributed by atoms with van der Waals surface area (Å²) >= 11 is 0. The van der Waals surface area contributed by atoms with Crippen LogP contribution in [0.3, 0.4) is 0 Å². The minimum atomic E-state index is -0.308. The van der Waals surface area contributed by atoms with Crippen molar-refractivity contribution in [1.29, 1.82) is 0 Å². The Morgan fingerprint density at radius 2 is 1.76 bits per heavy atom. The Bertz CT molecular complexity index is 838. The van der Waals surface area contributed by atoms with Crippen LogP contribution in [0.2, 0.25) is 0 Å². The van der Waals surface area contributed by atoms with Crippen LogP contribution in [0.5, 0.6) is 11.5 Å². The molecule has 1 N–H and O–H groups in total. The third-order valence-corrected chi connectivity index (χ3v) is 4.96. The van der Waals surface area contributed by atoms with Gasteiger partial charge >= 0.3 is 0 Å². The van der Waals surface area contributed by atoms with Gasteiger partial charge in [-0.05, 0) is 50.5 Å². The summed E-state index contributed by atoms with van der Waals surface area (Å²) in [6.07, 6.45) is 1.91. The number of ether oxygens (including phenoxy) is 2. The summed E-state index contributed by atoms with van der Waals surface area (Å²) in [5.74, 6) is 0.750. The molecule has 2 aromatic rings. The molecule has 0 aliphatic carbocycles. The topological polar surface area (TPSA) is 67.9 Å². The van der Waals surface area contributed by atoms with Gasteiger partial charge in [-0.1, -0.05) is 30.3 Å². The first-order valence-electron chi connectivity index (χ1n) is 10.2. The molecule has 3 rings (SSSR count). The lowest BCUT2D eigenvalue weighted by atomic mass is 10.0. The normalized spacial score (nSPS) is 15.8. The SMILES string of the molecule is CCOc1ccc(C(=O)NCC(=O)N2CCCC2c2ccccc2)cc1OCC. The minimum Gasteiger partial charge on any atom is -0.490 e. The highest BCUT2D eigenvalue weighted by atomic mass is 16.5. The average molecular weight is 396 g/mol. The van der Waals surface area contributed by atoms with Crippen LogP contribution in [0.15, 0.2) is 48.5 Å². The fourth-order valence-corrected chi connectivity index (χ4v) is 3.64. The third-order valence-electron chi connectivity index (χ3n) is 4.96. The Morgan fingerprint density at radius 3 is 2.48 bits per heavy atom. The first-order chi connectivity index (χ1) is 14.1. The minimum absolute atomic E-state index is 0.0284. The highest BCUT2D eigenvalue weighted by Crippen LogP contribution is 2.31. The van der Waals surface area contributed by atoms with Crippen molar-refractivity contribution < 1.29 is 19.1 Å². The fraction of sp³-hybridized carbons (Fsp3) is 0.391. The van der Waals surface area contributed by atoms with E-state index in [0.717, 1.165) is 18.4 Å². The number of amides is 2. The van der Waals surface area contributed by atoms with E-state index in [1.165, 1.54) is 0 Å². The molecule has 1 unspecified atom stereocenters. The van der Waals surface area contributed by atoms with Gasteiger partial charge in [0.25, 0.3) is 5.91 Å². The highest BCUT2D eigenvalue weighted by molar-refractivity contribution is 5.97. The zero-order valence-electron chi connectivity index (χ0n) is 17.0. The van der Waals surface area contributed by atoms with E-state index in [2.05, 4.69) is 5.32 Å². The molecule has 2 aromatic carbocycles. The molecule has 29 heavy (non-hydrogen) atoms. The van der Waals surface area contributed by atoms with E-state index in [4.69, 9.17) is 9.47 Å². The van der Waals surface area contributed by atoms with Gasteiger partial charge in [0, 0.05) is 12.1 Å². The Balaban J connectivity index is 1.62. The molecule has 1 aliphatic heterocycles. The molecule has 0 aromatic heterocycles. The zero-order valence-corrected chi connectivity index (χ0v) is 17.0. The number of rotatable bonds is 8. The fourth-order valence-electron chi connectivity index (χ4n) is 3.64. The zero-order chi connectivity index (χ0) is 20.6. The first kappa shape index (κ1) is 20.7. The van der Waals surface area contributed by atoms with Crippen LogP contribution in [0.25, 0.3) is 0 Å². The van der Waals surface area contributed by atoms with Gasteiger partial charge in [0.1, 0.15) is 0 Å². The number of carbonyl (C=O) groups excluding carboxylic acids is 2. The molecule has 0 saturated carbocycles. The molecule has 1 heterocycles. The molecule has 6 heteroatoms. The first-order valence-corrected chi connectivity index (χ1v) is 10.2. The Labute approximate surface area is 171 Å². The van der Waals surface area contributed by atoms with Gasteiger partial charge in [-0.15, -0.1) is 0 Å². The van der Waals surface area contributed by atoms with E-state index in [1.807, 2.05) is 49.1 Å². The lowest BCUT2D eigenvalue weighted by Gasteiger charge is -2.25. The molecule has 1 fully saturated rings. The number of nitrogens with one attached hydrogen (secondary N) is 1. The van der Waals surface area contributed by atoms with Crippen molar-refractivity contribution in [2.75, 3.05) is 26.3 Å². The highest BCUT2D eigenvalue weighted by Gasteiger charge is 2.29. The van der Waals surface area contributed by atoms with Crippen LogP contribution in [0.4, 0.5) is 0 Å². The lowest BCUT2D eigenvalue weighted by molar-refractivity contribution is -0.131. The number of likely N-dealkylation sites (tertiary alicyclic amines) is 1. The molecule has 0 bridgehead atoms. The van der Waals surface area contributed by atoms with Crippen LogP contribution in [0, 0.1) is 0 Å².